The average Bonchev–Trinajstić information content (AvgIpc) is 3.44. The van der Waals surface area contributed by atoms with Crippen molar-refractivity contribution in [2.75, 3.05) is 13.7 Å². The van der Waals surface area contributed by atoms with Crippen molar-refractivity contribution in [1.29, 1.82) is 0 Å². The summed E-state index contributed by atoms with van der Waals surface area (Å²) in [5, 5.41) is 3.12. The Morgan fingerprint density at radius 1 is 1.24 bits per heavy atom. The molecule has 8 nitrogen and oxygen atoms in total. The number of hydrogen-bond donors (Lipinski definition) is 1. The highest BCUT2D eigenvalue weighted by molar-refractivity contribution is 5.93. The number of amides is 1. The fourth-order valence-corrected chi connectivity index (χ4v) is 3.64. The van der Waals surface area contributed by atoms with Crippen molar-refractivity contribution in [2.24, 2.45) is 0 Å². The summed E-state index contributed by atoms with van der Waals surface area (Å²) < 4.78 is 11.6. The van der Waals surface area contributed by atoms with Crippen molar-refractivity contribution < 1.29 is 13.9 Å². The van der Waals surface area contributed by atoms with Gasteiger partial charge in [0.05, 0.1) is 42.4 Å². The second kappa shape index (κ2) is 6.66. The van der Waals surface area contributed by atoms with Crippen molar-refractivity contribution in [2.45, 2.75) is 13.0 Å². The minimum absolute atomic E-state index is 0.153. The van der Waals surface area contributed by atoms with Crippen LogP contribution < -0.4 is 10.3 Å². The molecule has 0 aliphatic carbocycles. The molecule has 1 amide bonds. The third kappa shape index (κ3) is 2.89. The zero-order valence-corrected chi connectivity index (χ0v) is 15.7. The first-order valence-corrected chi connectivity index (χ1v) is 9.23. The summed E-state index contributed by atoms with van der Waals surface area (Å²) >= 11 is 0. The molecule has 0 saturated heterocycles. The number of aromatic amines is 1. The van der Waals surface area contributed by atoms with Crippen LogP contribution in [0.5, 0.6) is 5.75 Å². The van der Waals surface area contributed by atoms with Crippen LogP contribution in [0.2, 0.25) is 0 Å². The molecular formula is C21H18N4O4. The predicted octanol–water partition coefficient (Wildman–Crippen LogP) is 2.49. The third-order valence-electron chi connectivity index (χ3n) is 5.22. The van der Waals surface area contributed by atoms with Crippen molar-refractivity contribution in [3.63, 3.8) is 0 Å². The minimum atomic E-state index is -0.186. The highest BCUT2D eigenvalue weighted by Crippen LogP contribution is 2.23. The molecular weight excluding hydrogens is 372 g/mol. The van der Waals surface area contributed by atoms with Crippen LogP contribution in [0.25, 0.3) is 16.9 Å². The topological polar surface area (TPSA) is 92.8 Å². The van der Waals surface area contributed by atoms with Gasteiger partial charge >= 0.3 is 0 Å². The van der Waals surface area contributed by atoms with Crippen molar-refractivity contribution >= 4 is 11.6 Å². The Kier molecular flexibility index (Phi) is 3.97. The first-order chi connectivity index (χ1) is 14.1. The van der Waals surface area contributed by atoms with E-state index in [0.717, 1.165) is 22.7 Å². The molecule has 1 N–H and O–H groups in total. The molecule has 4 aromatic rings. The van der Waals surface area contributed by atoms with Crippen molar-refractivity contribution in [1.82, 2.24) is 19.5 Å². The molecule has 0 unspecified atom stereocenters. The maximum atomic E-state index is 13.1. The van der Waals surface area contributed by atoms with Crippen molar-refractivity contribution in [3.05, 3.63) is 76.1 Å². The van der Waals surface area contributed by atoms with Crippen LogP contribution in [0.15, 0.2) is 58.1 Å². The molecule has 1 aliphatic heterocycles. The first kappa shape index (κ1) is 17.3. The van der Waals surface area contributed by atoms with Gasteiger partial charge in [-0.2, -0.15) is 0 Å². The number of nitrogens with zero attached hydrogens (tertiary/aromatic N) is 3. The van der Waals surface area contributed by atoms with Crippen LogP contribution in [0, 0.1) is 0 Å². The largest absolute Gasteiger partial charge is 0.497 e. The summed E-state index contributed by atoms with van der Waals surface area (Å²) in [5.41, 5.74) is 3.84. The van der Waals surface area contributed by atoms with Gasteiger partial charge in [0.15, 0.2) is 5.65 Å². The molecule has 8 heteroatoms. The Hall–Kier alpha value is -3.81. The van der Waals surface area contributed by atoms with E-state index in [4.69, 9.17) is 9.15 Å². The van der Waals surface area contributed by atoms with Crippen LogP contribution in [0.3, 0.4) is 0 Å². The van der Waals surface area contributed by atoms with E-state index in [9.17, 15) is 9.59 Å². The molecule has 4 heterocycles. The number of rotatable bonds is 3. The van der Waals surface area contributed by atoms with Crippen LogP contribution in [0.4, 0.5) is 0 Å². The number of carbonyl (C=O) groups excluding carboxylic acids is 1. The second-order valence-electron chi connectivity index (χ2n) is 6.92. The minimum Gasteiger partial charge on any atom is -0.497 e. The van der Waals surface area contributed by atoms with Crippen molar-refractivity contribution in [3.8, 4) is 17.0 Å². The first-order valence-electron chi connectivity index (χ1n) is 9.23. The highest BCUT2D eigenvalue weighted by atomic mass is 16.5. The number of carbonyl (C=O) groups is 1. The van der Waals surface area contributed by atoms with E-state index in [-0.39, 0.29) is 18.0 Å². The van der Waals surface area contributed by atoms with Gasteiger partial charge in [-0.15, -0.1) is 0 Å². The fraction of sp³-hybridized carbons (Fsp3) is 0.190. The van der Waals surface area contributed by atoms with Gasteiger partial charge in [-0.25, -0.2) is 9.50 Å². The van der Waals surface area contributed by atoms with E-state index in [2.05, 4.69) is 10.1 Å². The van der Waals surface area contributed by atoms with Gasteiger partial charge in [-0.05, 0) is 35.9 Å². The van der Waals surface area contributed by atoms with Gasteiger partial charge in [0.25, 0.3) is 11.5 Å². The van der Waals surface area contributed by atoms with E-state index < -0.39 is 0 Å². The summed E-state index contributed by atoms with van der Waals surface area (Å²) in [5.74, 6) is 0.609. The lowest BCUT2D eigenvalue weighted by atomic mass is 10.1. The molecule has 0 fully saturated rings. The van der Waals surface area contributed by atoms with Crippen LogP contribution in [-0.2, 0) is 13.0 Å². The normalized spacial score (nSPS) is 13.5. The van der Waals surface area contributed by atoms with E-state index in [1.54, 1.807) is 18.1 Å². The Morgan fingerprint density at radius 3 is 2.79 bits per heavy atom. The number of ether oxygens (including phenoxy) is 1. The summed E-state index contributed by atoms with van der Waals surface area (Å²) in [6.45, 7) is 0.737. The summed E-state index contributed by atoms with van der Waals surface area (Å²) in [7, 11) is 1.62. The molecule has 1 aliphatic rings. The Bertz CT molecular complexity index is 1250. The number of methoxy groups -OCH3 is 1. The lowest BCUT2D eigenvalue weighted by Crippen LogP contribution is -2.40. The molecule has 0 saturated carbocycles. The van der Waals surface area contributed by atoms with Crippen LogP contribution in [-0.4, -0.2) is 39.1 Å². The zero-order chi connectivity index (χ0) is 20.0. The number of nitrogens with one attached hydrogen (secondary N) is 1. The molecule has 5 rings (SSSR count). The van der Waals surface area contributed by atoms with Gasteiger partial charge in [-0.3, -0.25) is 14.7 Å². The second-order valence-corrected chi connectivity index (χ2v) is 6.92. The van der Waals surface area contributed by atoms with Gasteiger partial charge < -0.3 is 14.1 Å². The molecule has 1 aromatic carbocycles. The number of benzene rings is 1. The predicted molar refractivity (Wildman–Crippen MR) is 105 cm³/mol. The monoisotopic (exact) mass is 390 g/mol. The summed E-state index contributed by atoms with van der Waals surface area (Å²) in [6, 6.07) is 11.0. The zero-order valence-electron chi connectivity index (χ0n) is 15.7. The number of H-pyrrole nitrogens is 1. The number of hydrogen-bond acceptors (Lipinski definition) is 5. The van der Waals surface area contributed by atoms with Gasteiger partial charge in [-0.1, -0.05) is 0 Å². The fourth-order valence-electron chi connectivity index (χ4n) is 3.64. The van der Waals surface area contributed by atoms with E-state index in [0.29, 0.717) is 29.7 Å². The molecule has 29 heavy (non-hydrogen) atoms. The maximum absolute atomic E-state index is 13.1. The molecule has 3 aromatic heterocycles. The Balaban J connectivity index is 1.52. The SMILES string of the molecule is COc1ccc(-c2cc3nc4c(c(=O)n3[nH]2)CN(C(=O)c2ccoc2)CC4)cc1. The van der Waals surface area contributed by atoms with Crippen LogP contribution >= 0.6 is 0 Å². The summed E-state index contributed by atoms with van der Waals surface area (Å²) in [4.78, 5) is 32.0. The number of furan rings is 1. The lowest BCUT2D eigenvalue weighted by Gasteiger charge is -2.27. The Morgan fingerprint density at radius 2 is 2.07 bits per heavy atom. The molecule has 0 atom stereocenters. The summed E-state index contributed by atoms with van der Waals surface area (Å²) in [6.07, 6.45) is 3.41. The average molecular weight is 390 g/mol. The van der Waals surface area contributed by atoms with E-state index in [1.165, 1.54) is 17.0 Å². The van der Waals surface area contributed by atoms with Gasteiger partial charge in [0.2, 0.25) is 0 Å². The quantitative estimate of drug-likeness (QED) is 0.580. The maximum Gasteiger partial charge on any atom is 0.277 e. The number of aromatic nitrogens is 3. The molecule has 146 valence electrons. The third-order valence-corrected chi connectivity index (χ3v) is 5.22. The molecule has 0 bridgehead atoms. The van der Waals surface area contributed by atoms with E-state index >= 15 is 0 Å². The lowest BCUT2D eigenvalue weighted by molar-refractivity contribution is 0.0732. The van der Waals surface area contributed by atoms with Gasteiger partial charge in [0.1, 0.15) is 12.0 Å². The highest BCUT2D eigenvalue weighted by Gasteiger charge is 2.26. The number of fused-ring (bicyclic) bond motifs is 2. The van der Waals surface area contributed by atoms with E-state index in [1.807, 2.05) is 30.3 Å². The smallest absolute Gasteiger partial charge is 0.277 e. The Labute approximate surface area is 165 Å². The van der Waals surface area contributed by atoms with Gasteiger partial charge in [0, 0.05) is 19.0 Å². The standard InChI is InChI=1S/C21H18N4O4/c1-28-15-4-2-13(3-5-15)18-10-19-22-17-6-8-24(20(26)14-7-9-29-12-14)11-16(17)21(27)25(19)23-18/h2-5,7,9-10,12,23H,6,8,11H2,1H3. The molecule has 0 spiro atoms. The molecule has 0 radical (unpaired) electrons. The van der Waals surface area contributed by atoms with Crippen LogP contribution in [0.1, 0.15) is 21.6 Å².